The molecule has 0 aromatic heterocycles. The molecule has 4 nitrogen and oxygen atoms in total. The van der Waals surface area contributed by atoms with Crippen LogP contribution in [0.5, 0.6) is 0 Å². The molecular formula is C10H19N3O. The Bertz CT molecular complexity index is 217. The zero-order valence-electron chi connectivity index (χ0n) is 8.48. The van der Waals surface area contributed by atoms with Crippen molar-refractivity contribution in [3.05, 3.63) is 0 Å². The lowest BCUT2D eigenvalue weighted by Crippen LogP contribution is -2.57. The summed E-state index contributed by atoms with van der Waals surface area (Å²) in [7, 11) is 0. The highest BCUT2D eigenvalue weighted by atomic mass is 16.1. The number of nitrogens with zero attached hydrogens (tertiary/aromatic N) is 1. The minimum Gasteiger partial charge on any atom is -0.369 e. The molecule has 2 heterocycles. The maximum atomic E-state index is 10.9. The summed E-state index contributed by atoms with van der Waals surface area (Å²) < 4.78 is 0. The highest BCUT2D eigenvalue weighted by Gasteiger charge is 2.37. The van der Waals surface area contributed by atoms with E-state index in [4.69, 9.17) is 11.5 Å². The van der Waals surface area contributed by atoms with Gasteiger partial charge in [0.15, 0.2) is 0 Å². The maximum Gasteiger partial charge on any atom is 0.231 e. The third-order valence-corrected chi connectivity index (χ3v) is 3.50. The third-order valence-electron chi connectivity index (χ3n) is 3.50. The number of piperidine rings is 2. The summed E-state index contributed by atoms with van der Waals surface area (Å²) >= 11 is 0. The lowest BCUT2D eigenvalue weighted by atomic mass is 9.82. The largest absolute Gasteiger partial charge is 0.369 e. The van der Waals surface area contributed by atoms with Crippen molar-refractivity contribution >= 4 is 5.91 Å². The van der Waals surface area contributed by atoms with Gasteiger partial charge in [-0.15, -0.1) is 0 Å². The number of rotatable bonds is 2. The van der Waals surface area contributed by atoms with Crippen LogP contribution in [0.2, 0.25) is 0 Å². The Morgan fingerprint density at radius 1 is 1.29 bits per heavy atom. The molecule has 2 bridgehead atoms. The Kier molecular flexibility index (Phi) is 2.74. The lowest BCUT2D eigenvalue weighted by molar-refractivity contribution is -0.121. The molecule has 4 heteroatoms. The summed E-state index contributed by atoms with van der Waals surface area (Å²) in [6.07, 6.45) is 5.69. The van der Waals surface area contributed by atoms with Crippen molar-refractivity contribution in [1.29, 1.82) is 0 Å². The van der Waals surface area contributed by atoms with Gasteiger partial charge in [-0.25, -0.2) is 0 Å². The molecule has 0 spiro atoms. The number of primary amides is 1. The summed E-state index contributed by atoms with van der Waals surface area (Å²) in [6.45, 7) is 0.419. The highest BCUT2D eigenvalue weighted by Crippen LogP contribution is 2.32. The second-order valence-corrected chi connectivity index (χ2v) is 4.61. The van der Waals surface area contributed by atoms with Crippen LogP contribution in [0.15, 0.2) is 0 Å². The Hall–Kier alpha value is -0.610. The van der Waals surface area contributed by atoms with Crippen molar-refractivity contribution in [2.45, 2.75) is 50.2 Å². The molecule has 0 saturated carbocycles. The van der Waals surface area contributed by atoms with Crippen LogP contribution in [0.1, 0.15) is 32.1 Å². The Balaban J connectivity index is 2.04. The van der Waals surface area contributed by atoms with E-state index in [1.165, 1.54) is 19.3 Å². The van der Waals surface area contributed by atoms with E-state index in [2.05, 4.69) is 4.90 Å². The number of carbonyl (C=O) groups is 1. The van der Waals surface area contributed by atoms with Crippen LogP contribution in [0.25, 0.3) is 0 Å². The van der Waals surface area contributed by atoms with Gasteiger partial charge >= 0.3 is 0 Å². The molecule has 0 aliphatic carbocycles. The number of hydrogen-bond acceptors (Lipinski definition) is 3. The molecule has 2 atom stereocenters. The SMILES string of the molecule is NC(=O)CN1C2CCCC1CC(N)C2. The number of carbonyl (C=O) groups excluding carboxylic acids is 1. The van der Waals surface area contributed by atoms with E-state index in [9.17, 15) is 4.79 Å². The summed E-state index contributed by atoms with van der Waals surface area (Å²) in [4.78, 5) is 13.2. The van der Waals surface area contributed by atoms with Gasteiger partial charge in [0.05, 0.1) is 6.54 Å². The maximum absolute atomic E-state index is 10.9. The van der Waals surface area contributed by atoms with Crippen LogP contribution in [0.3, 0.4) is 0 Å². The predicted molar refractivity (Wildman–Crippen MR) is 54.5 cm³/mol. The molecule has 2 saturated heterocycles. The fourth-order valence-electron chi connectivity index (χ4n) is 2.96. The fourth-order valence-corrected chi connectivity index (χ4v) is 2.96. The van der Waals surface area contributed by atoms with E-state index < -0.39 is 0 Å². The van der Waals surface area contributed by atoms with Gasteiger partial charge in [0, 0.05) is 18.1 Å². The predicted octanol–water partition coefficient (Wildman–Crippen LogP) is -0.184. The molecular weight excluding hydrogens is 178 g/mol. The van der Waals surface area contributed by atoms with Crippen LogP contribution < -0.4 is 11.5 Å². The summed E-state index contributed by atoms with van der Waals surface area (Å²) in [5, 5.41) is 0. The van der Waals surface area contributed by atoms with E-state index >= 15 is 0 Å². The first-order chi connectivity index (χ1) is 6.66. The van der Waals surface area contributed by atoms with Crippen molar-refractivity contribution in [3.63, 3.8) is 0 Å². The molecule has 14 heavy (non-hydrogen) atoms. The normalized spacial score (nSPS) is 38.2. The van der Waals surface area contributed by atoms with Gasteiger partial charge in [0.25, 0.3) is 0 Å². The fraction of sp³-hybridized carbons (Fsp3) is 0.900. The van der Waals surface area contributed by atoms with Crippen molar-refractivity contribution in [1.82, 2.24) is 4.90 Å². The van der Waals surface area contributed by atoms with Crippen molar-refractivity contribution in [3.8, 4) is 0 Å². The molecule has 4 N–H and O–H groups in total. The first kappa shape index (κ1) is 9.93. The van der Waals surface area contributed by atoms with E-state index in [0.717, 1.165) is 12.8 Å². The Morgan fingerprint density at radius 2 is 1.86 bits per heavy atom. The number of hydrogen-bond donors (Lipinski definition) is 2. The third kappa shape index (κ3) is 1.91. The number of nitrogens with two attached hydrogens (primary N) is 2. The van der Waals surface area contributed by atoms with E-state index in [1.54, 1.807) is 0 Å². The molecule has 2 rings (SSSR count). The first-order valence-corrected chi connectivity index (χ1v) is 5.46. The van der Waals surface area contributed by atoms with Crippen LogP contribution in [0, 0.1) is 0 Å². The standard InChI is InChI=1S/C10H19N3O/c11-7-4-8-2-1-3-9(5-7)13(8)6-10(12)14/h7-9H,1-6,11H2,(H2,12,14). The summed E-state index contributed by atoms with van der Waals surface area (Å²) in [5.74, 6) is -0.211. The van der Waals surface area contributed by atoms with Crippen LogP contribution in [-0.4, -0.2) is 35.5 Å². The van der Waals surface area contributed by atoms with Crippen LogP contribution in [0.4, 0.5) is 0 Å². The Labute approximate surface area is 84.6 Å². The average molecular weight is 197 g/mol. The monoisotopic (exact) mass is 197 g/mol. The van der Waals surface area contributed by atoms with Gasteiger partial charge in [-0.1, -0.05) is 6.42 Å². The van der Waals surface area contributed by atoms with Gasteiger partial charge in [-0.3, -0.25) is 9.69 Å². The van der Waals surface area contributed by atoms with Crippen molar-refractivity contribution in [2.75, 3.05) is 6.54 Å². The number of fused-ring (bicyclic) bond motifs is 2. The average Bonchev–Trinajstić information content (AvgIpc) is 2.05. The van der Waals surface area contributed by atoms with E-state index in [-0.39, 0.29) is 5.91 Å². The Morgan fingerprint density at radius 3 is 2.36 bits per heavy atom. The van der Waals surface area contributed by atoms with Crippen molar-refractivity contribution < 1.29 is 4.79 Å². The molecule has 2 aliphatic rings. The second kappa shape index (κ2) is 3.87. The minimum absolute atomic E-state index is 0.211. The molecule has 80 valence electrons. The molecule has 2 fully saturated rings. The molecule has 2 unspecified atom stereocenters. The zero-order chi connectivity index (χ0) is 10.1. The minimum atomic E-state index is -0.211. The van der Waals surface area contributed by atoms with Crippen LogP contribution >= 0.6 is 0 Å². The van der Waals surface area contributed by atoms with Gasteiger partial charge in [0.2, 0.25) is 5.91 Å². The number of amides is 1. The molecule has 2 aliphatic heterocycles. The first-order valence-electron chi connectivity index (χ1n) is 5.46. The van der Waals surface area contributed by atoms with Gasteiger partial charge in [0.1, 0.15) is 0 Å². The highest BCUT2D eigenvalue weighted by molar-refractivity contribution is 5.76. The van der Waals surface area contributed by atoms with Gasteiger partial charge in [-0.05, 0) is 25.7 Å². The van der Waals surface area contributed by atoms with Gasteiger partial charge < -0.3 is 11.5 Å². The molecule has 1 amide bonds. The summed E-state index contributed by atoms with van der Waals surface area (Å²) in [6, 6.07) is 1.34. The second-order valence-electron chi connectivity index (χ2n) is 4.61. The smallest absolute Gasteiger partial charge is 0.231 e. The van der Waals surface area contributed by atoms with Crippen molar-refractivity contribution in [2.24, 2.45) is 11.5 Å². The molecule has 0 aromatic carbocycles. The topological polar surface area (TPSA) is 72.4 Å². The quantitative estimate of drug-likeness (QED) is 0.645. The zero-order valence-corrected chi connectivity index (χ0v) is 8.48. The van der Waals surface area contributed by atoms with E-state index in [0.29, 0.717) is 24.7 Å². The van der Waals surface area contributed by atoms with E-state index in [1.807, 2.05) is 0 Å². The van der Waals surface area contributed by atoms with Gasteiger partial charge in [-0.2, -0.15) is 0 Å². The van der Waals surface area contributed by atoms with Crippen LogP contribution in [-0.2, 0) is 4.79 Å². The molecule has 0 aromatic rings. The molecule has 0 radical (unpaired) electrons. The lowest BCUT2D eigenvalue weighted by Gasteiger charge is -2.47. The summed E-state index contributed by atoms with van der Waals surface area (Å²) in [5.41, 5.74) is 11.2.